The maximum atomic E-state index is 12.5. The number of hydrogen-bond donors (Lipinski definition) is 0. The SMILES string of the molecule is O=C(OCC(=O)N1CC[C@H]2CCCC[C@@H]2C1)c1ccc(-c2ccc([N+](=O)[O-])cc2)o1. The summed E-state index contributed by atoms with van der Waals surface area (Å²) < 4.78 is 10.7. The Balaban J connectivity index is 1.31. The van der Waals surface area contributed by atoms with E-state index in [0.717, 1.165) is 25.4 Å². The molecule has 1 amide bonds. The molecule has 1 aliphatic carbocycles. The van der Waals surface area contributed by atoms with Crippen molar-refractivity contribution in [3.8, 4) is 11.3 Å². The fourth-order valence-corrected chi connectivity index (χ4v) is 4.47. The zero-order valence-electron chi connectivity index (χ0n) is 16.6. The predicted molar refractivity (Wildman–Crippen MR) is 108 cm³/mol. The van der Waals surface area contributed by atoms with Gasteiger partial charge in [0.25, 0.3) is 11.6 Å². The molecular formula is C22H24N2O6. The Morgan fingerprint density at radius 2 is 1.80 bits per heavy atom. The van der Waals surface area contributed by atoms with Crippen molar-refractivity contribution in [1.82, 2.24) is 4.90 Å². The van der Waals surface area contributed by atoms with E-state index < -0.39 is 10.9 Å². The average molecular weight is 412 g/mol. The molecule has 1 aliphatic heterocycles. The van der Waals surface area contributed by atoms with Crippen LogP contribution in [0.2, 0.25) is 0 Å². The number of furan rings is 1. The fourth-order valence-electron chi connectivity index (χ4n) is 4.47. The fraction of sp³-hybridized carbons (Fsp3) is 0.455. The summed E-state index contributed by atoms with van der Waals surface area (Å²) >= 11 is 0. The number of likely N-dealkylation sites (tertiary alicyclic amines) is 1. The van der Waals surface area contributed by atoms with Crippen LogP contribution in [-0.4, -0.2) is 41.4 Å². The van der Waals surface area contributed by atoms with Gasteiger partial charge in [-0.25, -0.2) is 4.79 Å². The summed E-state index contributed by atoms with van der Waals surface area (Å²) in [5.41, 5.74) is 0.576. The van der Waals surface area contributed by atoms with Gasteiger partial charge in [0.2, 0.25) is 5.76 Å². The van der Waals surface area contributed by atoms with Crippen LogP contribution in [0.3, 0.4) is 0 Å². The number of amides is 1. The van der Waals surface area contributed by atoms with Crippen molar-refractivity contribution in [2.45, 2.75) is 32.1 Å². The Kier molecular flexibility index (Phi) is 5.83. The number of non-ortho nitro benzene ring substituents is 1. The molecule has 0 N–H and O–H groups in total. The van der Waals surface area contributed by atoms with Gasteiger partial charge in [0.15, 0.2) is 6.61 Å². The second-order valence-corrected chi connectivity index (χ2v) is 7.98. The number of rotatable bonds is 5. The number of nitro benzene ring substituents is 1. The van der Waals surface area contributed by atoms with E-state index in [-0.39, 0.29) is 24.0 Å². The average Bonchev–Trinajstić information content (AvgIpc) is 3.27. The number of fused-ring (bicyclic) bond motifs is 1. The Labute approximate surface area is 173 Å². The first-order valence-electron chi connectivity index (χ1n) is 10.3. The van der Waals surface area contributed by atoms with Crippen LogP contribution < -0.4 is 0 Å². The summed E-state index contributed by atoms with van der Waals surface area (Å²) in [4.78, 5) is 36.8. The predicted octanol–water partition coefficient (Wildman–Crippen LogP) is 4.05. The van der Waals surface area contributed by atoms with Gasteiger partial charge in [0.05, 0.1) is 4.92 Å². The minimum atomic E-state index is -0.705. The summed E-state index contributed by atoms with van der Waals surface area (Å²) in [6.07, 6.45) is 5.98. The number of nitro groups is 1. The quantitative estimate of drug-likeness (QED) is 0.417. The molecule has 1 aromatic heterocycles. The zero-order chi connectivity index (χ0) is 21.1. The van der Waals surface area contributed by atoms with Crippen molar-refractivity contribution < 1.29 is 23.7 Å². The van der Waals surface area contributed by atoms with E-state index in [2.05, 4.69) is 0 Å². The number of hydrogen-bond acceptors (Lipinski definition) is 6. The molecule has 2 heterocycles. The van der Waals surface area contributed by atoms with Crippen molar-refractivity contribution in [3.05, 3.63) is 52.3 Å². The van der Waals surface area contributed by atoms with Gasteiger partial charge >= 0.3 is 5.97 Å². The maximum Gasteiger partial charge on any atom is 0.374 e. The highest BCUT2D eigenvalue weighted by molar-refractivity contribution is 5.89. The standard InChI is InChI=1S/C22H24N2O6/c25-21(23-12-11-15-3-1-2-4-17(15)13-23)14-29-22(26)20-10-9-19(30-20)16-5-7-18(8-6-16)24(27)28/h5-10,15,17H,1-4,11-14H2/t15-,17-/m1/s1. The van der Waals surface area contributed by atoms with Gasteiger partial charge in [-0.3, -0.25) is 14.9 Å². The molecule has 1 saturated carbocycles. The number of ether oxygens (including phenoxy) is 1. The summed E-state index contributed by atoms with van der Waals surface area (Å²) in [5, 5.41) is 10.7. The number of carbonyl (C=O) groups is 2. The third kappa shape index (κ3) is 4.37. The highest BCUT2D eigenvalue weighted by atomic mass is 16.6. The van der Waals surface area contributed by atoms with E-state index in [1.807, 2.05) is 4.90 Å². The normalized spacial score (nSPS) is 21.0. The lowest BCUT2D eigenvalue weighted by molar-refractivity contribution is -0.384. The number of carbonyl (C=O) groups excluding carboxylic acids is 2. The van der Waals surface area contributed by atoms with Crippen molar-refractivity contribution in [3.63, 3.8) is 0 Å². The Hall–Kier alpha value is -3.16. The molecule has 0 spiro atoms. The summed E-state index contributed by atoms with van der Waals surface area (Å²) in [6, 6.07) is 8.88. The van der Waals surface area contributed by atoms with Gasteiger partial charge in [-0.15, -0.1) is 0 Å². The van der Waals surface area contributed by atoms with E-state index in [0.29, 0.717) is 17.2 Å². The third-order valence-corrected chi connectivity index (χ3v) is 6.14. The minimum absolute atomic E-state index is 0.0119. The molecule has 8 nitrogen and oxygen atoms in total. The molecule has 8 heteroatoms. The molecule has 1 saturated heterocycles. The summed E-state index contributed by atoms with van der Waals surface area (Å²) in [6.45, 7) is 1.18. The second-order valence-electron chi connectivity index (χ2n) is 7.98. The molecule has 2 atom stereocenters. The highest BCUT2D eigenvalue weighted by Crippen LogP contribution is 2.36. The van der Waals surface area contributed by atoms with Gasteiger partial charge in [-0.1, -0.05) is 19.3 Å². The molecule has 0 radical (unpaired) electrons. The van der Waals surface area contributed by atoms with Crippen LogP contribution >= 0.6 is 0 Å². The molecule has 0 bridgehead atoms. The van der Waals surface area contributed by atoms with E-state index >= 15 is 0 Å². The third-order valence-electron chi connectivity index (χ3n) is 6.14. The number of benzene rings is 1. The maximum absolute atomic E-state index is 12.5. The monoisotopic (exact) mass is 412 g/mol. The minimum Gasteiger partial charge on any atom is -0.450 e. The molecular weight excluding hydrogens is 388 g/mol. The first kappa shape index (κ1) is 20.1. The van der Waals surface area contributed by atoms with Crippen molar-refractivity contribution >= 4 is 17.6 Å². The van der Waals surface area contributed by atoms with E-state index in [9.17, 15) is 19.7 Å². The lowest BCUT2D eigenvalue weighted by atomic mass is 9.75. The highest BCUT2D eigenvalue weighted by Gasteiger charge is 2.33. The first-order chi connectivity index (χ1) is 14.5. The lowest BCUT2D eigenvalue weighted by Crippen LogP contribution is -2.46. The Morgan fingerprint density at radius 1 is 1.07 bits per heavy atom. The summed E-state index contributed by atoms with van der Waals surface area (Å²) in [7, 11) is 0. The topological polar surface area (TPSA) is 103 Å². The number of piperidine rings is 1. The first-order valence-corrected chi connectivity index (χ1v) is 10.3. The van der Waals surface area contributed by atoms with Crippen molar-refractivity contribution in [2.24, 2.45) is 11.8 Å². The molecule has 30 heavy (non-hydrogen) atoms. The van der Waals surface area contributed by atoms with Crippen LogP contribution in [0.4, 0.5) is 5.69 Å². The number of nitrogens with zero attached hydrogens (tertiary/aromatic N) is 2. The van der Waals surface area contributed by atoms with Crippen molar-refractivity contribution in [1.29, 1.82) is 0 Å². The molecule has 158 valence electrons. The van der Waals surface area contributed by atoms with Gasteiger partial charge in [0.1, 0.15) is 5.76 Å². The van der Waals surface area contributed by atoms with Crippen molar-refractivity contribution in [2.75, 3.05) is 19.7 Å². The van der Waals surface area contributed by atoms with Crippen LogP contribution in [0.15, 0.2) is 40.8 Å². The van der Waals surface area contributed by atoms with Crippen LogP contribution in [0.25, 0.3) is 11.3 Å². The van der Waals surface area contributed by atoms with Crippen LogP contribution in [0, 0.1) is 22.0 Å². The van der Waals surface area contributed by atoms with Crippen LogP contribution in [-0.2, 0) is 9.53 Å². The van der Waals surface area contributed by atoms with E-state index in [1.54, 1.807) is 18.2 Å². The Bertz CT molecular complexity index is 935. The molecule has 4 rings (SSSR count). The molecule has 0 unspecified atom stereocenters. The molecule has 2 aromatic rings. The molecule has 2 fully saturated rings. The van der Waals surface area contributed by atoms with Gasteiger partial charge < -0.3 is 14.1 Å². The number of esters is 1. The smallest absolute Gasteiger partial charge is 0.374 e. The van der Waals surface area contributed by atoms with Gasteiger partial charge in [0, 0.05) is 30.8 Å². The Morgan fingerprint density at radius 3 is 2.53 bits per heavy atom. The largest absolute Gasteiger partial charge is 0.450 e. The van der Waals surface area contributed by atoms with Crippen LogP contribution in [0.5, 0.6) is 0 Å². The van der Waals surface area contributed by atoms with Gasteiger partial charge in [-0.2, -0.15) is 0 Å². The summed E-state index contributed by atoms with van der Waals surface area (Å²) in [5.74, 6) is 0.802. The zero-order valence-corrected chi connectivity index (χ0v) is 16.6. The second kappa shape index (κ2) is 8.69. The lowest BCUT2D eigenvalue weighted by Gasteiger charge is -2.41. The molecule has 2 aliphatic rings. The van der Waals surface area contributed by atoms with E-state index in [4.69, 9.17) is 9.15 Å². The van der Waals surface area contributed by atoms with Crippen LogP contribution in [0.1, 0.15) is 42.7 Å². The van der Waals surface area contributed by atoms with E-state index in [1.165, 1.54) is 43.9 Å². The molecule has 1 aromatic carbocycles. The van der Waals surface area contributed by atoms with Gasteiger partial charge in [-0.05, 0) is 48.9 Å².